The van der Waals surface area contributed by atoms with E-state index in [0.29, 0.717) is 23.5 Å². The molecule has 0 spiro atoms. The average Bonchev–Trinajstić information content (AvgIpc) is 2.82. The Kier molecular flexibility index (Phi) is 4.86. The molecule has 0 aromatic heterocycles. The molecule has 1 heterocycles. The van der Waals surface area contributed by atoms with E-state index >= 15 is 0 Å². The number of rotatable bonds is 5. The Bertz CT molecular complexity index is 844. The van der Waals surface area contributed by atoms with E-state index in [-0.39, 0.29) is 23.0 Å². The van der Waals surface area contributed by atoms with Gasteiger partial charge in [0.15, 0.2) is 0 Å². The van der Waals surface area contributed by atoms with Crippen molar-refractivity contribution < 1.29 is 18.7 Å². The number of nitrogens with zero attached hydrogens (tertiary/aromatic N) is 1. The number of ether oxygens (including phenoxy) is 1. The second-order valence-corrected chi connectivity index (χ2v) is 5.85. The van der Waals surface area contributed by atoms with Crippen LogP contribution in [0.5, 0.6) is 5.75 Å². The number of imide groups is 1. The van der Waals surface area contributed by atoms with Gasteiger partial charge in [-0.25, -0.2) is 4.39 Å². The van der Waals surface area contributed by atoms with Gasteiger partial charge in [-0.2, -0.15) is 0 Å². The molecule has 1 aliphatic rings. The quantitative estimate of drug-likeness (QED) is 0.764. The van der Waals surface area contributed by atoms with Gasteiger partial charge in [-0.15, -0.1) is 0 Å². The molecule has 0 bridgehead atoms. The smallest absolute Gasteiger partial charge is 0.273 e. The van der Waals surface area contributed by atoms with Crippen LogP contribution >= 0.6 is 11.6 Å². The largest absolute Gasteiger partial charge is 0.494 e. The summed E-state index contributed by atoms with van der Waals surface area (Å²) in [6, 6.07) is 12.4. The maximum atomic E-state index is 13.0. The van der Waals surface area contributed by atoms with Gasteiger partial charge in [0.25, 0.3) is 11.8 Å². The van der Waals surface area contributed by atoms with Crippen molar-refractivity contribution >= 4 is 29.0 Å². The van der Waals surface area contributed by atoms with E-state index in [2.05, 4.69) is 0 Å². The summed E-state index contributed by atoms with van der Waals surface area (Å²) in [4.78, 5) is 26.1. The lowest BCUT2D eigenvalue weighted by molar-refractivity contribution is -0.137. The Morgan fingerprint density at radius 2 is 1.64 bits per heavy atom. The van der Waals surface area contributed by atoms with Crippen molar-refractivity contribution in [2.24, 2.45) is 0 Å². The van der Waals surface area contributed by atoms with Crippen molar-refractivity contribution in [1.29, 1.82) is 0 Å². The molecule has 2 amide bonds. The lowest BCUT2D eigenvalue weighted by Gasteiger charge is -2.15. The third-order valence-corrected chi connectivity index (χ3v) is 4.17. The molecule has 4 nitrogen and oxygen atoms in total. The van der Waals surface area contributed by atoms with E-state index in [9.17, 15) is 14.0 Å². The first-order chi connectivity index (χ1) is 12.0. The standard InChI is InChI=1S/C19H15ClFNO3/c1-2-25-15-9-5-13(6-10-15)16-17(20)19(24)22(18(16)23)11-12-3-7-14(21)8-4-12/h3-10H,2,11H2,1H3. The van der Waals surface area contributed by atoms with Crippen molar-refractivity contribution in [2.75, 3.05) is 6.61 Å². The summed E-state index contributed by atoms with van der Waals surface area (Å²) in [5, 5.41) is -0.115. The normalized spacial score (nSPS) is 14.4. The van der Waals surface area contributed by atoms with E-state index in [1.807, 2.05) is 6.92 Å². The topological polar surface area (TPSA) is 46.6 Å². The fourth-order valence-corrected chi connectivity index (χ4v) is 2.89. The van der Waals surface area contributed by atoms with Crippen LogP contribution in [0.25, 0.3) is 5.57 Å². The zero-order chi connectivity index (χ0) is 18.0. The van der Waals surface area contributed by atoms with Crippen LogP contribution in [0.3, 0.4) is 0 Å². The zero-order valence-electron chi connectivity index (χ0n) is 13.5. The molecule has 0 N–H and O–H groups in total. The summed E-state index contributed by atoms with van der Waals surface area (Å²) in [5.41, 5.74) is 1.35. The van der Waals surface area contributed by atoms with Gasteiger partial charge in [0.1, 0.15) is 16.6 Å². The van der Waals surface area contributed by atoms with Crippen molar-refractivity contribution in [3.05, 3.63) is 70.5 Å². The number of halogens is 2. The predicted octanol–water partition coefficient (Wildman–Crippen LogP) is 3.74. The van der Waals surface area contributed by atoms with Gasteiger partial charge in [-0.1, -0.05) is 35.9 Å². The summed E-state index contributed by atoms with van der Waals surface area (Å²) in [5.74, 6) is -0.736. The second-order valence-electron chi connectivity index (χ2n) is 5.47. The minimum Gasteiger partial charge on any atom is -0.494 e. The van der Waals surface area contributed by atoms with Crippen LogP contribution in [0.1, 0.15) is 18.1 Å². The summed E-state index contributed by atoms with van der Waals surface area (Å²) in [7, 11) is 0. The maximum absolute atomic E-state index is 13.0. The molecule has 0 radical (unpaired) electrons. The van der Waals surface area contributed by atoms with E-state index in [0.717, 1.165) is 4.90 Å². The molecule has 2 aromatic rings. The van der Waals surface area contributed by atoms with Crippen molar-refractivity contribution in [1.82, 2.24) is 4.90 Å². The fraction of sp³-hybridized carbons (Fsp3) is 0.158. The van der Waals surface area contributed by atoms with Gasteiger partial charge in [0, 0.05) is 0 Å². The highest BCUT2D eigenvalue weighted by molar-refractivity contribution is 6.55. The maximum Gasteiger partial charge on any atom is 0.273 e. The first-order valence-electron chi connectivity index (χ1n) is 7.75. The van der Waals surface area contributed by atoms with Gasteiger partial charge in [0.05, 0.1) is 18.7 Å². The van der Waals surface area contributed by atoms with E-state index in [1.165, 1.54) is 24.3 Å². The molecule has 0 unspecified atom stereocenters. The number of carbonyl (C=O) groups is 2. The minimum atomic E-state index is -0.556. The molecule has 1 aliphatic heterocycles. The van der Waals surface area contributed by atoms with Gasteiger partial charge >= 0.3 is 0 Å². The Hall–Kier alpha value is -2.66. The third kappa shape index (κ3) is 3.42. The number of amides is 2. The molecule has 0 aliphatic carbocycles. The predicted molar refractivity (Wildman–Crippen MR) is 92.3 cm³/mol. The number of hydrogen-bond acceptors (Lipinski definition) is 3. The van der Waals surface area contributed by atoms with Crippen molar-refractivity contribution in [3.8, 4) is 5.75 Å². The molecule has 128 valence electrons. The Labute approximate surface area is 149 Å². The highest BCUT2D eigenvalue weighted by Crippen LogP contribution is 2.33. The lowest BCUT2D eigenvalue weighted by atomic mass is 10.1. The Balaban J connectivity index is 1.84. The molecule has 2 aromatic carbocycles. The van der Waals surface area contributed by atoms with E-state index in [4.69, 9.17) is 16.3 Å². The first-order valence-corrected chi connectivity index (χ1v) is 8.12. The lowest BCUT2D eigenvalue weighted by Crippen LogP contribution is -2.30. The van der Waals surface area contributed by atoms with E-state index < -0.39 is 11.8 Å². The van der Waals surface area contributed by atoms with Crippen LogP contribution in [0.15, 0.2) is 53.6 Å². The highest BCUT2D eigenvalue weighted by atomic mass is 35.5. The molecule has 6 heteroatoms. The van der Waals surface area contributed by atoms with Crippen LogP contribution in [-0.2, 0) is 16.1 Å². The van der Waals surface area contributed by atoms with Crippen molar-refractivity contribution in [3.63, 3.8) is 0 Å². The van der Waals surface area contributed by atoms with Crippen LogP contribution in [0.2, 0.25) is 0 Å². The average molecular weight is 360 g/mol. The zero-order valence-corrected chi connectivity index (χ0v) is 14.2. The Morgan fingerprint density at radius 3 is 2.24 bits per heavy atom. The van der Waals surface area contributed by atoms with Crippen LogP contribution in [0, 0.1) is 5.82 Å². The molecule has 0 saturated carbocycles. The summed E-state index contributed by atoms with van der Waals surface area (Å²) >= 11 is 6.12. The molecular formula is C19H15ClFNO3. The first kappa shape index (κ1) is 17.2. The summed E-state index contributed by atoms with van der Waals surface area (Å²) < 4.78 is 18.4. The number of carbonyl (C=O) groups excluding carboxylic acids is 2. The molecule has 25 heavy (non-hydrogen) atoms. The SMILES string of the molecule is CCOc1ccc(C2=C(Cl)C(=O)N(Cc3ccc(F)cc3)C2=O)cc1. The third-order valence-electron chi connectivity index (χ3n) is 3.82. The molecule has 0 saturated heterocycles. The highest BCUT2D eigenvalue weighted by Gasteiger charge is 2.38. The van der Waals surface area contributed by atoms with E-state index in [1.54, 1.807) is 24.3 Å². The molecule has 0 atom stereocenters. The van der Waals surface area contributed by atoms with Crippen LogP contribution in [-0.4, -0.2) is 23.3 Å². The van der Waals surface area contributed by atoms with Gasteiger partial charge < -0.3 is 4.74 Å². The van der Waals surface area contributed by atoms with Gasteiger partial charge in [0.2, 0.25) is 0 Å². The monoisotopic (exact) mass is 359 g/mol. The number of benzene rings is 2. The second kappa shape index (κ2) is 7.07. The summed E-state index contributed by atoms with van der Waals surface area (Å²) in [6.45, 7) is 2.44. The molecule has 3 rings (SSSR count). The summed E-state index contributed by atoms with van der Waals surface area (Å²) in [6.07, 6.45) is 0. The fourth-order valence-electron chi connectivity index (χ4n) is 2.60. The number of hydrogen-bond donors (Lipinski definition) is 0. The molecular weight excluding hydrogens is 345 g/mol. The van der Waals surface area contributed by atoms with Crippen molar-refractivity contribution in [2.45, 2.75) is 13.5 Å². The Morgan fingerprint density at radius 1 is 1.00 bits per heavy atom. The van der Waals surface area contributed by atoms with Crippen LogP contribution < -0.4 is 4.74 Å². The van der Waals surface area contributed by atoms with Crippen LogP contribution in [0.4, 0.5) is 4.39 Å². The molecule has 0 fully saturated rings. The van der Waals surface area contributed by atoms with Gasteiger partial charge in [-0.3, -0.25) is 14.5 Å². The van der Waals surface area contributed by atoms with Gasteiger partial charge in [-0.05, 0) is 42.3 Å². The minimum absolute atomic E-state index is 0.0364.